The van der Waals surface area contributed by atoms with Crippen molar-refractivity contribution in [3.8, 4) is 5.75 Å². The van der Waals surface area contributed by atoms with Crippen LogP contribution in [0.3, 0.4) is 0 Å². The fraction of sp³-hybridized carbons (Fsp3) is 0.538. The molecule has 0 bridgehead atoms. The summed E-state index contributed by atoms with van der Waals surface area (Å²) < 4.78 is 31.0. The van der Waals surface area contributed by atoms with Crippen molar-refractivity contribution in [2.24, 2.45) is 5.14 Å². The van der Waals surface area contributed by atoms with E-state index in [4.69, 9.17) is 21.5 Å². The van der Waals surface area contributed by atoms with Gasteiger partial charge in [-0.2, -0.15) is 17.8 Å². The van der Waals surface area contributed by atoms with Crippen LogP contribution in [-0.2, 0) is 10.2 Å². The number of halogens is 1. The van der Waals surface area contributed by atoms with Crippen LogP contribution in [0.5, 0.6) is 5.75 Å². The van der Waals surface area contributed by atoms with E-state index >= 15 is 0 Å². The van der Waals surface area contributed by atoms with Crippen LogP contribution in [0, 0.1) is 0 Å². The number of rotatable bonds is 4. The maximum Gasteiger partial charge on any atom is 0.276 e. The van der Waals surface area contributed by atoms with Crippen molar-refractivity contribution in [3.05, 3.63) is 17.5 Å². The SMILES string of the molecule is COc1cc2c(N3CCC(N(C)S(N)(=O)=O)CC3)ncnn2c1Cl. The van der Waals surface area contributed by atoms with Gasteiger partial charge in [0, 0.05) is 32.2 Å². The Morgan fingerprint density at radius 3 is 2.67 bits per heavy atom. The molecule has 1 aliphatic rings. The smallest absolute Gasteiger partial charge is 0.276 e. The number of anilines is 1. The van der Waals surface area contributed by atoms with E-state index in [0.717, 1.165) is 11.3 Å². The summed E-state index contributed by atoms with van der Waals surface area (Å²) in [6.45, 7) is 1.31. The summed E-state index contributed by atoms with van der Waals surface area (Å²) in [5.74, 6) is 1.27. The van der Waals surface area contributed by atoms with Gasteiger partial charge in [0.05, 0.1) is 7.11 Å². The van der Waals surface area contributed by atoms with Gasteiger partial charge in [-0.3, -0.25) is 0 Å². The quantitative estimate of drug-likeness (QED) is 0.835. The zero-order chi connectivity index (χ0) is 17.5. The van der Waals surface area contributed by atoms with Gasteiger partial charge in [0.1, 0.15) is 11.8 Å². The molecule has 1 fully saturated rings. The molecule has 2 N–H and O–H groups in total. The number of nitrogens with two attached hydrogens (primary N) is 1. The van der Waals surface area contributed by atoms with Gasteiger partial charge in [0.15, 0.2) is 16.7 Å². The normalized spacial score (nSPS) is 17.0. The Morgan fingerprint density at radius 1 is 1.42 bits per heavy atom. The molecule has 11 heteroatoms. The molecule has 3 heterocycles. The number of aromatic nitrogens is 3. The van der Waals surface area contributed by atoms with Gasteiger partial charge in [-0.05, 0) is 12.8 Å². The molecule has 0 radical (unpaired) electrons. The van der Waals surface area contributed by atoms with E-state index in [0.29, 0.717) is 36.8 Å². The van der Waals surface area contributed by atoms with Crippen LogP contribution in [0.4, 0.5) is 5.82 Å². The van der Waals surface area contributed by atoms with Gasteiger partial charge in [0.25, 0.3) is 10.2 Å². The van der Waals surface area contributed by atoms with Crippen molar-refractivity contribution in [3.63, 3.8) is 0 Å². The third-order valence-electron chi connectivity index (χ3n) is 4.36. The minimum Gasteiger partial charge on any atom is -0.493 e. The Hall–Kier alpha value is -1.62. The molecular weight excluding hydrogens is 356 g/mol. The molecule has 0 unspecified atom stereocenters. The molecule has 0 amide bonds. The number of hydrogen-bond acceptors (Lipinski definition) is 6. The van der Waals surface area contributed by atoms with Crippen molar-refractivity contribution < 1.29 is 13.2 Å². The lowest BCUT2D eigenvalue weighted by atomic mass is 10.1. The van der Waals surface area contributed by atoms with Gasteiger partial charge in [-0.25, -0.2) is 14.6 Å². The van der Waals surface area contributed by atoms with E-state index in [-0.39, 0.29) is 6.04 Å². The fourth-order valence-electron chi connectivity index (χ4n) is 2.96. The molecule has 3 rings (SSSR count). The summed E-state index contributed by atoms with van der Waals surface area (Å²) in [6.07, 6.45) is 2.76. The fourth-order valence-corrected chi connectivity index (χ4v) is 3.85. The van der Waals surface area contributed by atoms with Crippen LogP contribution in [0.25, 0.3) is 5.52 Å². The molecule has 9 nitrogen and oxygen atoms in total. The molecule has 1 aliphatic heterocycles. The first-order chi connectivity index (χ1) is 11.3. The van der Waals surface area contributed by atoms with E-state index in [1.54, 1.807) is 17.7 Å². The number of piperidine rings is 1. The second-order valence-electron chi connectivity index (χ2n) is 5.66. The van der Waals surface area contributed by atoms with Crippen LogP contribution in [0.15, 0.2) is 12.4 Å². The number of nitrogens with zero attached hydrogens (tertiary/aromatic N) is 5. The lowest BCUT2D eigenvalue weighted by Gasteiger charge is -2.36. The summed E-state index contributed by atoms with van der Waals surface area (Å²) in [5.41, 5.74) is 0.748. The lowest BCUT2D eigenvalue weighted by Crippen LogP contribution is -2.47. The zero-order valence-corrected chi connectivity index (χ0v) is 15.0. The third kappa shape index (κ3) is 3.02. The predicted molar refractivity (Wildman–Crippen MR) is 90.7 cm³/mol. The Kier molecular flexibility index (Phi) is 4.56. The van der Waals surface area contributed by atoms with Crippen molar-refractivity contribution in [1.29, 1.82) is 0 Å². The molecule has 2 aromatic heterocycles. The highest BCUT2D eigenvalue weighted by molar-refractivity contribution is 7.86. The Balaban J connectivity index is 1.84. The van der Waals surface area contributed by atoms with Gasteiger partial charge < -0.3 is 9.64 Å². The van der Waals surface area contributed by atoms with E-state index in [2.05, 4.69) is 15.0 Å². The summed E-state index contributed by atoms with van der Waals surface area (Å²) in [7, 11) is -0.620. The average molecular weight is 375 g/mol. The van der Waals surface area contributed by atoms with E-state index in [1.165, 1.54) is 17.7 Å². The van der Waals surface area contributed by atoms with Crippen molar-refractivity contribution in [2.75, 3.05) is 32.1 Å². The summed E-state index contributed by atoms with van der Waals surface area (Å²) in [5, 5.41) is 9.73. The second-order valence-corrected chi connectivity index (χ2v) is 7.63. The van der Waals surface area contributed by atoms with Gasteiger partial charge in [0.2, 0.25) is 0 Å². The Bertz CT molecular complexity index is 847. The minimum atomic E-state index is -3.67. The Morgan fingerprint density at radius 2 is 2.08 bits per heavy atom. The number of fused-ring (bicyclic) bond motifs is 1. The lowest BCUT2D eigenvalue weighted by molar-refractivity contribution is 0.312. The van der Waals surface area contributed by atoms with Crippen LogP contribution < -0.4 is 14.8 Å². The van der Waals surface area contributed by atoms with Gasteiger partial charge >= 0.3 is 0 Å². The van der Waals surface area contributed by atoms with Crippen LogP contribution in [0.2, 0.25) is 5.15 Å². The maximum atomic E-state index is 11.5. The first-order valence-electron chi connectivity index (χ1n) is 7.40. The Labute approximate surface area is 145 Å². The number of ether oxygens (including phenoxy) is 1. The van der Waals surface area contributed by atoms with Crippen molar-refractivity contribution in [1.82, 2.24) is 18.9 Å². The molecule has 0 aromatic carbocycles. The van der Waals surface area contributed by atoms with Gasteiger partial charge in [-0.1, -0.05) is 11.6 Å². The van der Waals surface area contributed by atoms with Crippen LogP contribution in [0.1, 0.15) is 12.8 Å². The molecule has 1 saturated heterocycles. The zero-order valence-electron chi connectivity index (χ0n) is 13.4. The molecule has 0 aliphatic carbocycles. The summed E-state index contributed by atoms with van der Waals surface area (Å²) in [6, 6.07) is 1.68. The number of hydrogen-bond donors (Lipinski definition) is 1. The summed E-state index contributed by atoms with van der Waals surface area (Å²) >= 11 is 6.23. The summed E-state index contributed by atoms with van der Waals surface area (Å²) in [4.78, 5) is 6.44. The predicted octanol–water partition coefficient (Wildman–Crippen LogP) is 0.495. The molecule has 0 saturated carbocycles. The molecule has 132 valence electrons. The molecule has 2 aromatic rings. The highest BCUT2D eigenvalue weighted by atomic mass is 35.5. The topological polar surface area (TPSA) is 106 Å². The highest BCUT2D eigenvalue weighted by Crippen LogP contribution is 2.32. The molecule has 24 heavy (non-hydrogen) atoms. The maximum absolute atomic E-state index is 11.5. The minimum absolute atomic E-state index is 0.112. The van der Waals surface area contributed by atoms with E-state index < -0.39 is 10.2 Å². The standard InChI is InChI=1S/C13H19ClN6O3S/c1-18(24(15,21)22)9-3-5-19(6-4-9)13-10-7-11(23-2)12(14)20(10)17-8-16-13/h7-9H,3-6H2,1-2H3,(H2,15,21,22). The molecule has 0 spiro atoms. The first kappa shape index (κ1) is 17.2. The highest BCUT2D eigenvalue weighted by Gasteiger charge is 2.29. The molecule has 0 atom stereocenters. The largest absolute Gasteiger partial charge is 0.493 e. The monoisotopic (exact) mass is 374 g/mol. The van der Waals surface area contributed by atoms with Crippen molar-refractivity contribution in [2.45, 2.75) is 18.9 Å². The second kappa shape index (κ2) is 6.36. The first-order valence-corrected chi connectivity index (χ1v) is 9.28. The van der Waals surface area contributed by atoms with Crippen LogP contribution >= 0.6 is 11.6 Å². The molecular formula is C13H19ClN6O3S. The average Bonchev–Trinajstić information content (AvgIpc) is 2.90. The van der Waals surface area contributed by atoms with E-state index in [1.807, 2.05) is 0 Å². The van der Waals surface area contributed by atoms with Crippen LogP contribution in [-0.4, -0.2) is 60.6 Å². The van der Waals surface area contributed by atoms with Crippen molar-refractivity contribution >= 4 is 33.1 Å². The van der Waals surface area contributed by atoms with E-state index in [9.17, 15) is 8.42 Å². The van der Waals surface area contributed by atoms with Gasteiger partial charge in [-0.15, -0.1) is 0 Å². The number of methoxy groups -OCH3 is 1. The third-order valence-corrected chi connectivity index (χ3v) is 5.81.